The quantitative estimate of drug-likeness (QED) is 0.856. The lowest BCUT2D eigenvalue weighted by atomic mass is 10.2. The van der Waals surface area contributed by atoms with Crippen LogP contribution in [0.4, 0.5) is 16.2 Å². The molecular formula is C13H20FN5O. The number of hydrogen-bond acceptors (Lipinski definition) is 6. The second-order valence-electron chi connectivity index (χ2n) is 5.27. The lowest BCUT2D eigenvalue weighted by Gasteiger charge is -2.35. The predicted octanol–water partition coefficient (Wildman–Crippen LogP) is 0.932. The number of morpholine rings is 1. The van der Waals surface area contributed by atoms with Crippen molar-refractivity contribution in [2.75, 3.05) is 43.9 Å². The molecule has 0 aromatic carbocycles. The smallest absolute Gasteiger partial charge is 0.224 e. The SMILES string of the molecule is CNc1ncc(F)c(NCC2CN3CCCC3CO2)n1. The number of anilines is 2. The molecule has 2 fully saturated rings. The summed E-state index contributed by atoms with van der Waals surface area (Å²) in [6.45, 7) is 3.39. The van der Waals surface area contributed by atoms with Gasteiger partial charge in [0.1, 0.15) is 0 Å². The fourth-order valence-electron chi connectivity index (χ4n) is 2.83. The highest BCUT2D eigenvalue weighted by Gasteiger charge is 2.32. The van der Waals surface area contributed by atoms with Crippen LogP contribution in [0, 0.1) is 5.82 Å². The van der Waals surface area contributed by atoms with Crippen molar-refractivity contribution >= 4 is 11.8 Å². The first-order valence-electron chi connectivity index (χ1n) is 7.06. The van der Waals surface area contributed by atoms with Crippen molar-refractivity contribution in [2.45, 2.75) is 25.0 Å². The van der Waals surface area contributed by atoms with Gasteiger partial charge in [0, 0.05) is 26.2 Å². The molecule has 1 aromatic rings. The van der Waals surface area contributed by atoms with Crippen LogP contribution in [0.3, 0.4) is 0 Å². The van der Waals surface area contributed by atoms with Gasteiger partial charge in [0.2, 0.25) is 5.95 Å². The first-order chi connectivity index (χ1) is 9.76. The molecule has 7 heteroatoms. The fourth-order valence-corrected chi connectivity index (χ4v) is 2.83. The van der Waals surface area contributed by atoms with E-state index in [0.717, 1.165) is 19.7 Å². The zero-order valence-electron chi connectivity index (χ0n) is 11.6. The lowest BCUT2D eigenvalue weighted by Crippen LogP contribution is -2.48. The maximum atomic E-state index is 13.6. The Bertz CT molecular complexity index is 472. The highest BCUT2D eigenvalue weighted by atomic mass is 19.1. The van der Waals surface area contributed by atoms with E-state index in [-0.39, 0.29) is 11.9 Å². The molecule has 1 aromatic heterocycles. The van der Waals surface area contributed by atoms with E-state index in [9.17, 15) is 4.39 Å². The third-order valence-electron chi connectivity index (χ3n) is 3.93. The van der Waals surface area contributed by atoms with Crippen LogP contribution in [0.1, 0.15) is 12.8 Å². The van der Waals surface area contributed by atoms with Gasteiger partial charge in [-0.15, -0.1) is 0 Å². The number of halogens is 1. The van der Waals surface area contributed by atoms with Gasteiger partial charge in [-0.3, -0.25) is 4.90 Å². The summed E-state index contributed by atoms with van der Waals surface area (Å²) in [5.41, 5.74) is 0. The number of nitrogens with zero attached hydrogens (tertiary/aromatic N) is 3. The standard InChI is InChI=1S/C13H20FN5O/c1-15-13-17-6-11(14)12(18-13)16-5-10-7-19-4-2-3-9(19)8-20-10/h6,9-10H,2-5,7-8H2,1H3,(H2,15,16,17,18). The first-order valence-corrected chi connectivity index (χ1v) is 7.06. The maximum Gasteiger partial charge on any atom is 0.224 e. The van der Waals surface area contributed by atoms with Crippen LogP contribution in [0.15, 0.2) is 6.20 Å². The molecule has 0 spiro atoms. The van der Waals surface area contributed by atoms with Crippen molar-refractivity contribution in [3.05, 3.63) is 12.0 Å². The molecule has 3 heterocycles. The predicted molar refractivity (Wildman–Crippen MR) is 74.4 cm³/mol. The molecule has 110 valence electrons. The summed E-state index contributed by atoms with van der Waals surface area (Å²) in [5.74, 6) is 0.174. The largest absolute Gasteiger partial charge is 0.373 e. The van der Waals surface area contributed by atoms with Crippen LogP contribution in [0.2, 0.25) is 0 Å². The van der Waals surface area contributed by atoms with E-state index in [2.05, 4.69) is 25.5 Å². The number of aromatic nitrogens is 2. The molecule has 2 aliphatic heterocycles. The van der Waals surface area contributed by atoms with E-state index in [1.807, 2.05) is 0 Å². The molecular weight excluding hydrogens is 261 g/mol. The topological polar surface area (TPSA) is 62.3 Å². The summed E-state index contributed by atoms with van der Waals surface area (Å²) in [5, 5.41) is 5.81. The molecule has 0 aliphatic carbocycles. The van der Waals surface area contributed by atoms with E-state index in [4.69, 9.17) is 4.74 Å². The van der Waals surface area contributed by atoms with Crippen LogP contribution < -0.4 is 10.6 Å². The molecule has 2 saturated heterocycles. The Morgan fingerprint density at radius 2 is 2.45 bits per heavy atom. The molecule has 2 N–H and O–H groups in total. The molecule has 2 unspecified atom stereocenters. The molecule has 2 atom stereocenters. The second kappa shape index (κ2) is 5.88. The minimum absolute atomic E-state index is 0.0803. The number of hydrogen-bond donors (Lipinski definition) is 2. The number of rotatable bonds is 4. The normalized spacial score (nSPS) is 26.3. The van der Waals surface area contributed by atoms with Gasteiger partial charge < -0.3 is 15.4 Å². The zero-order valence-corrected chi connectivity index (χ0v) is 11.6. The number of nitrogens with one attached hydrogen (secondary N) is 2. The second-order valence-corrected chi connectivity index (χ2v) is 5.27. The highest BCUT2D eigenvalue weighted by molar-refractivity contribution is 5.40. The highest BCUT2D eigenvalue weighted by Crippen LogP contribution is 2.22. The third kappa shape index (κ3) is 2.83. The van der Waals surface area contributed by atoms with Crippen LogP contribution >= 0.6 is 0 Å². The molecule has 0 radical (unpaired) electrons. The monoisotopic (exact) mass is 281 g/mol. The lowest BCUT2D eigenvalue weighted by molar-refractivity contribution is -0.0416. The van der Waals surface area contributed by atoms with Gasteiger partial charge in [0.15, 0.2) is 11.6 Å². The number of ether oxygens (including phenoxy) is 1. The zero-order chi connectivity index (χ0) is 13.9. The van der Waals surface area contributed by atoms with Gasteiger partial charge in [-0.05, 0) is 19.4 Å². The van der Waals surface area contributed by atoms with Crippen molar-refractivity contribution in [3.8, 4) is 0 Å². The Morgan fingerprint density at radius 3 is 3.30 bits per heavy atom. The van der Waals surface area contributed by atoms with Crippen molar-refractivity contribution in [2.24, 2.45) is 0 Å². The van der Waals surface area contributed by atoms with Crippen LogP contribution in [0.5, 0.6) is 0 Å². The average Bonchev–Trinajstić information content (AvgIpc) is 2.94. The van der Waals surface area contributed by atoms with Crippen LogP contribution in [-0.2, 0) is 4.74 Å². The Hall–Kier alpha value is -1.47. The van der Waals surface area contributed by atoms with Gasteiger partial charge in [0.05, 0.1) is 18.9 Å². The van der Waals surface area contributed by atoms with Gasteiger partial charge >= 0.3 is 0 Å². The summed E-state index contributed by atoms with van der Waals surface area (Å²) >= 11 is 0. The molecule has 0 saturated carbocycles. The van der Waals surface area contributed by atoms with E-state index in [1.54, 1.807) is 7.05 Å². The summed E-state index contributed by atoms with van der Waals surface area (Å²) < 4.78 is 19.4. The van der Waals surface area contributed by atoms with Crippen molar-refractivity contribution in [1.29, 1.82) is 0 Å². The summed E-state index contributed by atoms with van der Waals surface area (Å²) in [4.78, 5) is 10.3. The minimum Gasteiger partial charge on any atom is -0.373 e. The summed E-state index contributed by atoms with van der Waals surface area (Å²) in [7, 11) is 1.70. The Labute approximate surface area is 117 Å². The minimum atomic E-state index is -0.446. The van der Waals surface area contributed by atoms with Gasteiger partial charge in [-0.1, -0.05) is 0 Å². The van der Waals surface area contributed by atoms with Gasteiger partial charge in [-0.2, -0.15) is 4.98 Å². The fraction of sp³-hybridized carbons (Fsp3) is 0.692. The maximum absolute atomic E-state index is 13.6. The molecule has 2 aliphatic rings. The summed E-state index contributed by atoms with van der Waals surface area (Å²) in [6.07, 6.45) is 3.73. The van der Waals surface area contributed by atoms with E-state index < -0.39 is 5.82 Å². The average molecular weight is 281 g/mol. The Balaban J connectivity index is 1.56. The molecule has 0 bridgehead atoms. The third-order valence-corrected chi connectivity index (χ3v) is 3.93. The molecule has 3 rings (SSSR count). The van der Waals surface area contributed by atoms with Crippen LogP contribution in [-0.4, -0.2) is 60.3 Å². The van der Waals surface area contributed by atoms with Crippen molar-refractivity contribution in [1.82, 2.24) is 14.9 Å². The first kappa shape index (κ1) is 13.5. The number of fused-ring (bicyclic) bond motifs is 1. The van der Waals surface area contributed by atoms with E-state index in [1.165, 1.54) is 19.0 Å². The summed E-state index contributed by atoms with van der Waals surface area (Å²) in [6, 6.07) is 0.581. The Morgan fingerprint density at radius 1 is 1.55 bits per heavy atom. The molecule has 20 heavy (non-hydrogen) atoms. The van der Waals surface area contributed by atoms with Gasteiger partial charge in [0.25, 0.3) is 0 Å². The molecule has 6 nitrogen and oxygen atoms in total. The molecule has 0 amide bonds. The van der Waals surface area contributed by atoms with Crippen molar-refractivity contribution in [3.63, 3.8) is 0 Å². The van der Waals surface area contributed by atoms with E-state index >= 15 is 0 Å². The van der Waals surface area contributed by atoms with Crippen molar-refractivity contribution < 1.29 is 9.13 Å². The van der Waals surface area contributed by atoms with Crippen LogP contribution in [0.25, 0.3) is 0 Å². The Kier molecular flexibility index (Phi) is 3.98. The van der Waals surface area contributed by atoms with Gasteiger partial charge in [-0.25, -0.2) is 9.37 Å². The van der Waals surface area contributed by atoms with E-state index in [0.29, 0.717) is 18.5 Å².